The summed E-state index contributed by atoms with van der Waals surface area (Å²) in [5.74, 6) is 0.766. The molecule has 128 valence electrons. The fraction of sp³-hybridized carbons (Fsp3) is 0.471. The van der Waals surface area contributed by atoms with Crippen LogP contribution in [0.1, 0.15) is 25.2 Å². The largest absolute Gasteiger partial charge is 0.341 e. The zero-order valence-corrected chi connectivity index (χ0v) is 13.7. The summed E-state index contributed by atoms with van der Waals surface area (Å²) in [6, 6.07) is 6.23. The molecule has 0 aliphatic carbocycles. The molecule has 1 saturated heterocycles. The number of rotatable bonds is 6. The van der Waals surface area contributed by atoms with E-state index in [4.69, 9.17) is 4.52 Å². The third kappa shape index (κ3) is 3.97. The van der Waals surface area contributed by atoms with Crippen LogP contribution in [0.3, 0.4) is 0 Å². The SMILES string of the molecule is CN(C(=O)CCCc1nc(-c2ccc(F)cc2)no1)C1CCNC1. The van der Waals surface area contributed by atoms with Gasteiger partial charge in [0.25, 0.3) is 0 Å². The number of aryl methyl sites for hydroxylation is 1. The van der Waals surface area contributed by atoms with E-state index in [1.165, 1.54) is 12.1 Å². The minimum Gasteiger partial charge on any atom is -0.341 e. The molecule has 0 spiro atoms. The van der Waals surface area contributed by atoms with Gasteiger partial charge in [-0.3, -0.25) is 4.79 Å². The van der Waals surface area contributed by atoms with E-state index in [1.54, 1.807) is 12.1 Å². The fourth-order valence-corrected chi connectivity index (χ4v) is 2.81. The van der Waals surface area contributed by atoms with Crippen LogP contribution in [0.25, 0.3) is 11.4 Å². The van der Waals surface area contributed by atoms with Crippen LogP contribution in [0.4, 0.5) is 4.39 Å². The first-order valence-corrected chi connectivity index (χ1v) is 8.18. The van der Waals surface area contributed by atoms with Gasteiger partial charge in [0.15, 0.2) is 0 Å². The van der Waals surface area contributed by atoms with Crippen LogP contribution in [0, 0.1) is 5.82 Å². The molecule has 0 radical (unpaired) electrons. The standard InChI is InChI=1S/C17H21FN4O2/c1-22(14-9-10-19-11-14)16(23)4-2-3-15-20-17(21-24-15)12-5-7-13(18)8-6-12/h5-8,14,19H,2-4,9-11H2,1H3. The summed E-state index contributed by atoms with van der Waals surface area (Å²) in [6.07, 6.45) is 2.68. The summed E-state index contributed by atoms with van der Waals surface area (Å²) in [7, 11) is 1.86. The van der Waals surface area contributed by atoms with Crippen LogP contribution in [-0.2, 0) is 11.2 Å². The quantitative estimate of drug-likeness (QED) is 0.876. The van der Waals surface area contributed by atoms with Gasteiger partial charge in [-0.2, -0.15) is 4.98 Å². The third-order valence-electron chi connectivity index (χ3n) is 4.33. The molecule has 1 atom stereocenters. The van der Waals surface area contributed by atoms with E-state index in [1.807, 2.05) is 11.9 Å². The first-order valence-electron chi connectivity index (χ1n) is 8.18. The molecular formula is C17H21FN4O2. The van der Waals surface area contributed by atoms with Gasteiger partial charge in [0.05, 0.1) is 0 Å². The van der Waals surface area contributed by atoms with Crippen molar-refractivity contribution < 1.29 is 13.7 Å². The van der Waals surface area contributed by atoms with Gasteiger partial charge < -0.3 is 14.7 Å². The molecule has 1 unspecified atom stereocenters. The van der Waals surface area contributed by atoms with Gasteiger partial charge in [0, 0.05) is 38.0 Å². The first kappa shape index (κ1) is 16.6. The Morgan fingerprint density at radius 1 is 1.42 bits per heavy atom. The van der Waals surface area contributed by atoms with E-state index < -0.39 is 0 Å². The van der Waals surface area contributed by atoms with E-state index in [9.17, 15) is 9.18 Å². The van der Waals surface area contributed by atoms with Crippen molar-refractivity contribution in [2.75, 3.05) is 20.1 Å². The summed E-state index contributed by atoms with van der Waals surface area (Å²) >= 11 is 0. The van der Waals surface area contributed by atoms with Crippen molar-refractivity contribution in [2.24, 2.45) is 0 Å². The van der Waals surface area contributed by atoms with E-state index in [0.29, 0.717) is 42.6 Å². The molecule has 0 saturated carbocycles. The van der Waals surface area contributed by atoms with Crippen molar-refractivity contribution >= 4 is 5.91 Å². The summed E-state index contributed by atoms with van der Waals surface area (Å²) in [5, 5.41) is 7.16. The summed E-state index contributed by atoms with van der Waals surface area (Å²) < 4.78 is 18.1. The third-order valence-corrected chi connectivity index (χ3v) is 4.33. The van der Waals surface area contributed by atoms with Gasteiger partial charge in [0.2, 0.25) is 17.6 Å². The van der Waals surface area contributed by atoms with Crippen LogP contribution in [0.2, 0.25) is 0 Å². The van der Waals surface area contributed by atoms with Gasteiger partial charge in [-0.05, 0) is 43.7 Å². The topological polar surface area (TPSA) is 71.3 Å². The molecule has 0 bridgehead atoms. The normalized spacial score (nSPS) is 17.2. The number of halogens is 1. The maximum atomic E-state index is 12.9. The molecule has 1 N–H and O–H groups in total. The zero-order chi connectivity index (χ0) is 16.9. The molecule has 1 aromatic heterocycles. The van der Waals surface area contributed by atoms with Crippen molar-refractivity contribution in [3.63, 3.8) is 0 Å². The van der Waals surface area contributed by atoms with Gasteiger partial charge in [-0.15, -0.1) is 0 Å². The van der Waals surface area contributed by atoms with E-state index in [2.05, 4.69) is 15.5 Å². The lowest BCUT2D eigenvalue weighted by molar-refractivity contribution is -0.131. The number of hydrogen-bond donors (Lipinski definition) is 1. The van der Waals surface area contributed by atoms with Gasteiger partial charge in [-0.25, -0.2) is 4.39 Å². The van der Waals surface area contributed by atoms with Crippen molar-refractivity contribution in [1.82, 2.24) is 20.4 Å². The van der Waals surface area contributed by atoms with Gasteiger partial charge >= 0.3 is 0 Å². The average Bonchev–Trinajstić information content (AvgIpc) is 3.26. The Bertz CT molecular complexity index is 680. The predicted octanol–water partition coefficient (Wildman–Crippen LogP) is 2.02. The molecule has 2 heterocycles. The molecule has 1 aliphatic heterocycles. The van der Waals surface area contributed by atoms with E-state index in [0.717, 1.165) is 19.5 Å². The van der Waals surface area contributed by atoms with Gasteiger partial charge in [0.1, 0.15) is 5.82 Å². The second-order valence-electron chi connectivity index (χ2n) is 6.02. The Hall–Kier alpha value is -2.28. The highest BCUT2D eigenvalue weighted by molar-refractivity contribution is 5.76. The lowest BCUT2D eigenvalue weighted by atomic mass is 10.1. The number of aromatic nitrogens is 2. The molecule has 1 fully saturated rings. The fourth-order valence-electron chi connectivity index (χ4n) is 2.81. The Labute approximate surface area is 140 Å². The number of benzene rings is 1. The molecule has 6 nitrogen and oxygen atoms in total. The predicted molar refractivity (Wildman–Crippen MR) is 86.7 cm³/mol. The van der Waals surface area contributed by atoms with Crippen LogP contribution >= 0.6 is 0 Å². The van der Waals surface area contributed by atoms with E-state index >= 15 is 0 Å². The van der Waals surface area contributed by atoms with Crippen molar-refractivity contribution in [3.8, 4) is 11.4 Å². The number of nitrogens with one attached hydrogen (secondary N) is 1. The summed E-state index contributed by atoms with van der Waals surface area (Å²) in [5.41, 5.74) is 0.705. The van der Waals surface area contributed by atoms with Crippen LogP contribution in [-0.4, -0.2) is 47.1 Å². The molecular weight excluding hydrogens is 311 g/mol. The summed E-state index contributed by atoms with van der Waals surface area (Å²) in [6.45, 7) is 1.84. The Morgan fingerprint density at radius 2 is 2.21 bits per heavy atom. The van der Waals surface area contributed by atoms with Crippen molar-refractivity contribution in [1.29, 1.82) is 0 Å². The Balaban J connectivity index is 1.48. The Kier molecular flexibility index (Phi) is 5.20. The van der Waals surface area contributed by atoms with Crippen molar-refractivity contribution in [3.05, 3.63) is 36.0 Å². The van der Waals surface area contributed by atoms with E-state index in [-0.39, 0.29) is 11.7 Å². The smallest absolute Gasteiger partial charge is 0.226 e. The van der Waals surface area contributed by atoms with Crippen molar-refractivity contribution in [2.45, 2.75) is 31.7 Å². The van der Waals surface area contributed by atoms with Crippen LogP contribution in [0.15, 0.2) is 28.8 Å². The molecule has 7 heteroatoms. The van der Waals surface area contributed by atoms with Crippen LogP contribution in [0.5, 0.6) is 0 Å². The summed E-state index contributed by atoms with van der Waals surface area (Å²) in [4.78, 5) is 18.3. The average molecular weight is 332 g/mol. The molecule has 1 amide bonds. The van der Waals surface area contributed by atoms with Gasteiger partial charge in [-0.1, -0.05) is 5.16 Å². The van der Waals surface area contributed by atoms with Crippen LogP contribution < -0.4 is 5.32 Å². The number of amides is 1. The maximum Gasteiger partial charge on any atom is 0.226 e. The minimum atomic E-state index is -0.303. The highest BCUT2D eigenvalue weighted by Gasteiger charge is 2.22. The number of hydrogen-bond acceptors (Lipinski definition) is 5. The number of likely N-dealkylation sites (N-methyl/N-ethyl adjacent to an activating group) is 1. The molecule has 2 aromatic rings. The lowest BCUT2D eigenvalue weighted by Crippen LogP contribution is -2.38. The molecule has 1 aliphatic rings. The second kappa shape index (κ2) is 7.53. The number of carbonyl (C=O) groups is 1. The number of carbonyl (C=O) groups excluding carboxylic acids is 1. The first-order chi connectivity index (χ1) is 11.6. The Morgan fingerprint density at radius 3 is 2.92 bits per heavy atom. The maximum absolute atomic E-state index is 12.9. The second-order valence-corrected chi connectivity index (χ2v) is 6.02. The highest BCUT2D eigenvalue weighted by Crippen LogP contribution is 2.17. The number of nitrogens with zero attached hydrogens (tertiary/aromatic N) is 3. The molecule has 24 heavy (non-hydrogen) atoms. The zero-order valence-electron chi connectivity index (χ0n) is 13.7. The monoisotopic (exact) mass is 332 g/mol. The highest BCUT2D eigenvalue weighted by atomic mass is 19.1. The molecule has 3 rings (SSSR count). The minimum absolute atomic E-state index is 0.141. The molecule has 1 aromatic carbocycles. The lowest BCUT2D eigenvalue weighted by Gasteiger charge is -2.23.